The fourth-order valence-electron chi connectivity index (χ4n) is 1.85. The van der Waals surface area contributed by atoms with Gasteiger partial charge in [-0.2, -0.15) is 0 Å². The molecule has 0 unspecified atom stereocenters. The minimum Gasteiger partial charge on any atom is -0.375 e. The molecular formula is C18H26N2O3. The van der Waals surface area contributed by atoms with Crippen molar-refractivity contribution in [2.45, 2.75) is 26.7 Å². The Hall–Kier alpha value is -2.14. The van der Waals surface area contributed by atoms with Crippen LogP contribution < -0.4 is 10.6 Å². The van der Waals surface area contributed by atoms with Gasteiger partial charge in [0.15, 0.2) is 0 Å². The lowest BCUT2D eigenvalue weighted by Crippen LogP contribution is -2.38. The summed E-state index contributed by atoms with van der Waals surface area (Å²) in [6, 6.07) is 8.08. The molecule has 0 aliphatic carbocycles. The number of amides is 2. The van der Waals surface area contributed by atoms with Crippen molar-refractivity contribution in [1.82, 2.24) is 10.6 Å². The second-order valence-electron chi connectivity index (χ2n) is 5.62. The molecule has 5 nitrogen and oxygen atoms in total. The molecule has 0 aliphatic heterocycles. The summed E-state index contributed by atoms with van der Waals surface area (Å²) in [5, 5.41) is 5.30. The maximum absolute atomic E-state index is 11.7. The number of rotatable bonds is 10. The first-order chi connectivity index (χ1) is 11.0. The van der Waals surface area contributed by atoms with E-state index in [9.17, 15) is 9.59 Å². The summed E-state index contributed by atoms with van der Waals surface area (Å²) < 4.78 is 5.27. The quantitative estimate of drug-likeness (QED) is 0.510. The molecule has 0 saturated carbocycles. The van der Waals surface area contributed by atoms with Crippen LogP contribution in [0.2, 0.25) is 0 Å². The van der Waals surface area contributed by atoms with Crippen molar-refractivity contribution < 1.29 is 14.3 Å². The summed E-state index contributed by atoms with van der Waals surface area (Å²) in [5.41, 5.74) is 3.25. The molecule has 1 aromatic rings. The zero-order valence-electron chi connectivity index (χ0n) is 14.0. The van der Waals surface area contributed by atoms with E-state index in [0.717, 1.165) is 11.1 Å². The van der Waals surface area contributed by atoms with Gasteiger partial charge in [-0.15, -0.1) is 0 Å². The highest BCUT2D eigenvalue weighted by Gasteiger charge is 2.05. The molecule has 2 N–H and O–H groups in total. The largest absolute Gasteiger partial charge is 0.375 e. The van der Waals surface area contributed by atoms with Crippen molar-refractivity contribution in [2.24, 2.45) is 0 Å². The third-order valence-electron chi connectivity index (χ3n) is 3.12. The lowest BCUT2D eigenvalue weighted by atomic mass is 10.1. The first kappa shape index (κ1) is 18.9. The van der Waals surface area contributed by atoms with E-state index in [0.29, 0.717) is 32.6 Å². The van der Waals surface area contributed by atoms with Gasteiger partial charge in [0.25, 0.3) is 0 Å². The van der Waals surface area contributed by atoms with Crippen LogP contribution in [0.25, 0.3) is 0 Å². The average Bonchev–Trinajstić information content (AvgIpc) is 2.51. The van der Waals surface area contributed by atoms with Gasteiger partial charge < -0.3 is 15.4 Å². The summed E-state index contributed by atoms with van der Waals surface area (Å²) in [5.74, 6) is -0.341. The molecule has 0 fully saturated rings. The predicted molar refractivity (Wildman–Crippen MR) is 91.2 cm³/mol. The molecule has 5 heteroatoms. The summed E-state index contributed by atoms with van der Waals surface area (Å²) in [6.45, 7) is 8.96. The average molecular weight is 318 g/mol. The molecule has 2 amide bonds. The predicted octanol–water partition coefficient (Wildman–Crippen LogP) is 1.75. The summed E-state index contributed by atoms with van der Waals surface area (Å²) in [7, 11) is 0. The van der Waals surface area contributed by atoms with Crippen LogP contribution in [0.4, 0.5) is 0 Å². The summed E-state index contributed by atoms with van der Waals surface area (Å²) >= 11 is 0. The highest BCUT2D eigenvalue weighted by molar-refractivity contribution is 5.84. The number of hydrogen-bond acceptors (Lipinski definition) is 3. The standard InChI is InChI=1S/C18H26N2O3/c1-14(2)13-23-11-10-19-18(22)12-20-17(21)9-8-16-6-4-15(3)5-7-16/h4-7H,1,8-13H2,2-3H3,(H,19,22)(H,20,21). The zero-order valence-corrected chi connectivity index (χ0v) is 14.0. The van der Waals surface area contributed by atoms with Crippen LogP contribution in [0.3, 0.4) is 0 Å². The molecule has 0 radical (unpaired) electrons. The number of carbonyl (C=O) groups excluding carboxylic acids is 2. The molecule has 0 saturated heterocycles. The minimum absolute atomic E-state index is 0.00673. The number of nitrogens with one attached hydrogen (secondary N) is 2. The smallest absolute Gasteiger partial charge is 0.239 e. The van der Waals surface area contributed by atoms with Gasteiger partial charge in [0, 0.05) is 13.0 Å². The molecule has 1 rings (SSSR count). The van der Waals surface area contributed by atoms with Gasteiger partial charge in [0.2, 0.25) is 11.8 Å². The van der Waals surface area contributed by atoms with E-state index in [1.807, 2.05) is 38.1 Å². The first-order valence-electron chi connectivity index (χ1n) is 7.78. The van der Waals surface area contributed by atoms with Gasteiger partial charge in [-0.25, -0.2) is 0 Å². The first-order valence-corrected chi connectivity index (χ1v) is 7.78. The van der Waals surface area contributed by atoms with Crippen LogP contribution in [-0.2, 0) is 20.7 Å². The molecular weight excluding hydrogens is 292 g/mol. The van der Waals surface area contributed by atoms with Crippen LogP contribution in [-0.4, -0.2) is 38.1 Å². The zero-order chi connectivity index (χ0) is 17.1. The van der Waals surface area contributed by atoms with Gasteiger partial charge >= 0.3 is 0 Å². The topological polar surface area (TPSA) is 67.4 Å². The number of carbonyl (C=O) groups is 2. The van der Waals surface area contributed by atoms with Crippen LogP contribution >= 0.6 is 0 Å². The van der Waals surface area contributed by atoms with Crippen LogP contribution in [0.1, 0.15) is 24.5 Å². The van der Waals surface area contributed by atoms with Crippen LogP contribution in [0.15, 0.2) is 36.4 Å². The molecule has 0 heterocycles. The Kier molecular flexibility index (Phi) is 8.68. The highest BCUT2D eigenvalue weighted by Crippen LogP contribution is 2.05. The van der Waals surface area contributed by atoms with Crippen LogP contribution in [0, 0.1) is 6.92 Å². The van der Waals surface area contributed by atoms with E-state index >= 15 is 0 Å². The lowest BCUT2D eigenvalue weighted by molar-refractivity contribution is -0.126. The molecule has 1 aromatic carbocycles. The van der Waals surface area contributed by atoms with Crippen LogP contribution in [0.5, 0.6) is 0 Å². The Morgan fingerprint density at radius 2 is 1.83 bits per heavy atom. The van der Waals surface area contributed by atoms with Crippen molar-refractivity contribution in [2.75, 3.05) is 26.3 Å². The highest BCUT2D eigenvalue weighted by atomic mass is 16.5. The Morgan fingerprint density at radius 3 is 2.48 bits per heavy atom. The van der Waals surface area contributed by atoms with Crippen molar-refractivity contribution in [3.05, 3.63) is 47.5 Å². The van der Waals surface area contributed by atoms with Crippen molar-refractivity contribution in [3.8, 4) is 0 Å². The van der Waals surface area contributed by atoms with Crippen molar-refractivity contribution in [3.63, 3.8) is 0 Å². The number of aryl methyl sites for hydroxylation is 2. The van der Waals surface area contributed by atoms with E-state index in [1.54, 1.807) is 0 Å². The van der Waals surface area contributed by atoms with Crippen molar-refractivity contribution in [1.29, 1.82) is 0 Å². The Bertz CT molecular complexity index is 524. The molecule has 0 atom stereocenters. The molecule has 0 aliphatic rings. The third kappa shape index (κ3) is 9.47. The normalized spacial score (nSPS) is 10.2. The number of benzene rings is 1. The molecule has 23 heavy (non-hydrogen) atoms. The maximum atomic E-state index is 11.7. The fourth-order valence-corrected chi connectivity index (χ4v) is 1.85. The Labute approximate surface area is 138 Å². The van der Waals surface area contributed by atoms with Gasteiger partial charge in [0.05, 0.1) is 19.8 Å². The van der Waals surface area contributed by atoms with Crippen molar-refractivity contribution >= 4 is 11.8 Å². The third-order valence-corrected chi connectivity index (χ3v) is 3.12. The lowest BCUT2D eigenvalue weighted by Gasteiger charge is -2.08. The van der Waals surface area contributed by atoms with Gasteiger partial charge in [0.1, 0.15) is 0 Å². The maximum Gasteiger partial charge on any atom is 0.239 e. The van der Waals surface area contributed by atoms with E-state index < -0.39 is 0 Å². The Balaban J connectivity index is 2.09. The van der Waals surface area contributed by atoms with Gasteiger partial charge in [-0.05, 0) is 25.8 Å². The fraction of sp³-hybridized carbons (Fsp3) is 0.444. The monoisotopic (exact) mass is 318 g/mol. The molecule has 0 bridgehead atoms. The second-order valence-corrected chi connectivity index (χ2v) is 5.62. The molecule has 126 valence electrons. The molecule has 0 aromatic heterocycles. The van der Waals surface area contributed by atoms with Gasteiger partial charge in [-0.3, -0.25) is 9.59 Å². The van der Waals surface area contributed by atoms with E-state index in [4.69, 9.17) is 4.74 Å². The number of ether oxygens (including phenoxy) is 1. The van der Waals surface area contributed by atoms with E-state index in [2.05, 4.69) is 17.2 Å². The number of hydrogen-bond donors (Lipinski definition) is 2. The van der Waals surface area contributed by atoms with E-state index in [1.165, 1.54) is 5.56 Å². The van der Waals surface area contributed by atoms with E-state index in [-0.39, 0.29) is 18.4 Å². The minimum atomic E-state index is -0.215. The Morgan fingerprint density at radius 1 is 1.13 bits per heavy atom. The second kappa shape index (κ2) is 10.6. The summed E-state index contributed by atoms with van der Waals surface area (Å²) in [6.07, 6.45) is 1.04. The van der Waals surface area contributed by atoms with Gasteiger partial charge in [-0.1, -0.05) is 42.0 Å². The summed E-state index contributed by atoms with van der Waals surface area (Å²) in [4.78, 5) is 23.3. The molecule has 0 spiro atoms. The SMILES string of the molecule is C=C(C)COCCNC(=O)CNC(=O)CCc1ccc(C)cc1.